The highest BCUT2D eigenvalue weighted by atomic mass is 32.2. The Balaban J connectivity index is 2.25. The first-order valence-corrected chi connectivity index (χ1v) is 4.54. The van der Waals surface area contributed by atoms with Crippen molar-refractivity contribution in [1.29, 1.82) is 0 Å². The van der Waals surface area contributed by atoms with Gasteiger partial charge in [0.2, 0.25) is 0 Å². The number of hydrogen-bond donors (Lipinski definition) is 0. The lowest BCUT2D eigenvalue weighted by Gasteiger charge is -2.26. The molecule has 12 heavy (non-hydrogen) atoms. The molecule has 1 aromatic rings. The van der Waals surface area contributed by atoms with Crippen LogP contribution in [0.1, 0.15) is 10.8 Å². The number of thioether (sulfide) groups is 1. The maximum Gasteiger partial charge on any atom is 0.323 e. The summed E-state index contributed by atoms with van der Waals surface area (Å²) in [5, 5.41) is -0.0915. The summed E-state index contributed by atoms with van der Waals surface area (Å²) in [5.74, 6) is -0.154. The Morgan fingerprint density at radius 3 is 2.92 bits per heavy atom. The Morgan fingerprint density at radius 1 is 1.50 bits per heavy atom. The Kier molecular flexibility index (Phi) is 1.81. The molecule has 0 aromatic heterocycles. The minimum absolute atomic E-state index is 0.0915. The monoisotopic (exact) mass is 180 g/mol. The lowest BCUT2D eigenvalue weighted by molar-refractivity contribution is -0.140. The molecule has 1 aliphatic heterocycles. The van der Waals surface area contributed by atoms with Gasteiger partial charge in [-0.15, -0.1) is 11.8 Å². The third-order valence-corrected chi connectivity index (χ3v) is 3.17. The fraction of sp³-hybridized carbons (Fsp3) is 0.222. The van der Waals surface area contributed by atoms with Crippen LogP contribution in [0, 0.1) is 0 Å². The van der Waals surface area contributed by atoms with E-state index in [1.165, 1.54) is 12.0 Å². The number of carbonyl (C=O) groups is 1. The van der Waals surface area contributed by atoms with E-state index in [1.807, 2.05) is 24.3 Å². The summed E-state index contributed by atoms with van der Waals surface area (Å²) in [4.78, 5) is 12.3. The summed E-state index contributed by atoms with van der Waals surface area (Å²) in [7, 11) is 1.42. The maximum absolute atomic E-state index is 11.1. The third-order valence-electron chi connectivity index (χ3n) is 1.86. The summed E-state index contributed by atoms with van der Waals surface area (Å²) in [6.45, 7) is 0. The molecule has 0 spiro atoms. The van der Waals surface area contributed by atoms with E-state index in [-0.39, 0.29) is 11.2 Å². The van der Waals surface area contributed by atoms with Gasteiger partial charge in [-0.1, -0.05) is 18.2 Å². The second-order valence-electron chi connectivity index (χ2n) is 2.56. The number of benzene rings is 1. The standard InChI is InChI=1S/C9H8O2S/c1-11-9(10)8-6-4-2-3-5-7(6)12-8/h2-5,8H,1H3/t8-/m1/s1. The molecule has 0 saturated heterocycles. The molecule has 0 saturated carbocycles. The van der Waals surface area contributed by atoms with Gasteiger partial charge in [-0.25, -0.2) is 0 Å². The van der Waals surface area contributed by atoms with Crippen LogP contribution in [0.15, 0.2) is 29.2 Å². The summed E-state index contributed by atoms with van der Waals surface area (Å²) < 4.78 is 4.65. The molecule has 0 fully saturated rings. The van der Waals surface area contributed by atoms with E-state index in [0.29, 0.717) is 0 Å². The van der Waals surface area contributed by atoms with Crippen molar-refractivity contribution in [3.8, 4) is 0 Å². The van der Waals surface area contributed by atoms with Crippen molar-refractivity contribution in [1.82, 2.24) is 0 Å². The van der Waals surface area contributed by atoms with Gasteiger partial charge in [0.05, 0.1) is 7.11 Å². The molecular formula is C9H8O2S. The average molecular weight is 180 g/mol. The summed E-state index contributed by atoms with van der Waals surface area (Å²) in [6.07, 6.45) is 0. The number of methoxy groups -OCH3 is 1. The van der Waals surface area contributed by atoms with Crippen LogP contribution < -0.4 is 0 Å². The quantitative estimate of drug-likeness (QED) is 0.618. The summed E-state index contributed by atoms with van der Waals surface area (Å²) in [5.41, 5.74) is 1.09. The van der Waals surface area contributed by atoms with Gasteiger partial charge in [-0.2, -0.15) is 0 Å². The Hall–Kier alpha value is -0.960. The second-order valence-corrected chi connectivity index (χ2v) is 3.71. The molecular weight excluding hydrogens is 172 g/mol. The summed E-state index contributed by atoms with van der Waals surface area (Å²) >= 11 is 1.56. The molecule has 1 aromatic carbocycles. The first-order valence-electron chi connectivity index (χ1n) is 3.66. The fourth-order valence-corrected chi connectivity index (χ4v) is 2.29. The number of hydrogen-bond acceptors (Lipinski definition) is 3. The van der Waals surface area contributed by atoms with Gasteiger partial charge >= 0.3 is 5.97 Å². The first kappa shape index (κ1) is 7.68. The molecule has 3 heteroatoms. The van der Waals surface area contributed by atoms with Gasteiger partial charge in [-0.3, -0.25) is 4.79 Å². The van der Waals surface area contributed by atoms with Crippen molar-refractivity contribution in [3.05, 3.63) is 29.8 Å². The van der Waals surface area contributed by atoms with Crippen molar-refractivity contribution < 1.29 is 9.53 Å². The highest BCUT2D eigenvalue weighted by Gasteiger charge is 2.33. The highest BCUT2D eigenvalue weighted by molar-refractivity contribution is 8.01. The van der Waals surface area contributed by atoms with E-state index in [2.05, 4.69) is 4.74 Å². The normalized spacial score (nSPS) is 19.2. The molecule has 0 radical (unpaired) electrons. The average Bonchev–Trinajstić information content (AvgIpc) is 2.07. The van der Waals surface area contributed by atoms with Gasteiger partial charge in [-0.05, 0) is 11.6 Å². The zero-order valence-electron chi connectivity index (χ0n) is 6.61. The number of carbonyl (C=O) groups excluding carboxylic acids is 1. The first-order chi connectivity index (χ1) is 5.83. The molecule has 1 heterocycles. The number of rotatable bonds is 1. The van der Waals surface area contributed by atoms with E-state index in [9.17, 15) is 4.79 Å². The Labute approximate surface area is 74.9 Å². The predicted molar refractivity (Wildman–Crippen MR) is 47.1 cm³/mol. The van der Waals surface area contributed by atoms with Crippen molar-refractivity contribution in [2.24, 2.45) is 0 Å². The van der Waals surface area contributed by atoms with Crippen molar-refractivity contribution in [2.45, 2.75) is 10.1 Å². The van der Waals surface area contributed by atoms with Crippen molar-refractivity contribution >= 4 is 17.7 Å². The maximum atomic E-state index is 11.1. The smallest absolute Gasteiger partial charge is 0.323 e. The van der Waals surface area contributed by atoms with E-state index in [4.69, 9.17) is 0 Å². The SMILES string of the molecule is COC(=O)[C@@H]1Sc2ccccc21. The van der Waals surface area contributed by atoms with Gasteiger partial charge in [0, 0.05) is 4.90 Å². The molecule has 2 rings (SSSR count). The predicted octanol–water partition coefficient (Wildman–Crippen LogP) is 2.01. The highest BCUT2D eigenvalue weighted by Crippen LogP contribution is 2.49. The van der Waals surface area contributed by atoms with Crippen LogP contribution in [0.4, 0.5) is 0 Å². The Bertz CT molecular complexity index is 322. The molecule has 0 amide bonds. The minimum Gasteiger partial charge on any atom is -0.468 e. The van der Waals surface area contributed by atoms with Crippen molar-refractivity contribution in [3.63, 3.8) is 0 Å². The molecule has 1 atom stereocenters. The van der Waals surface area contributed by atoms with Gasteiger partial charge in [0.25, 0.3) is 0 Å². The molecule has 2 nitrogen and oxygen atoms in total. The van der Waals surface area contributed by atoms with E-state index in [1.54, 1.807) is 11.8 Å². The van der Waals surface area contributed by atoms with Crippen LogP contribution >= 0.6 is 11.8 Å². The number of esters is 1. The topological polar surface area (TPSA) is 26.3 Å². The van der Waals surface area contributed by atoms with Crippen LogP contribution in [0.25, 0.3) is 0 Å². The zero-order valence-corrected chi connectivity index (χ0v) is 7.43. The lowest BCUT2D eigenvalue weighted by atomic mass is 10.1. The molecule has 0 bridgehead atoms. The minimum atomic E-state index is -0.154. The molecule has 0 unspecified atom stereocenters. The number of fused-ring (bicyclic) bond motifs is 1. The van der Waals surface area contributed by atoms with Gasteiger partial charge in [0.15, 0.2) is 0 Å². The number of ether oxygens (including phenoxy) is 1. The third kappa shape index (κ3) is 1.01. The van der Waals surface area contributed by atoms with Crippen molar-refractivity contribution in [2.75, 3.05) is 7.11 Å². The van der Waals surface area contributed by atoms with E-state index in [0.717, 1.165) is 5.56 Å². The van der Waals surface area contributed by atoms with Crippen LogP contribution in [0.2, 0.25) is 0 Å². The second kappa shape index (κ2) is 2.83. The van der Waals surface area contributed by atoms with Gasteiger partial charge < -0.3 is 4.74 Å². The fourth-order valence-electron chi connectivity index (χ4n) is 1.22. The zero-order chi connectivity index (χ0) is 8.55. The lowest BCUT2D eigenvalue weighted by Crippen LogP contribution is -2.17. The molecule has 62 valence electrons. The van der Waals surface area contributed by atoms with Crippen LogP contribution in [0.5, 0.6) is 0 Å². The molecule has 1 aliphatic rings. The van der Waals surface area contributed by atoms with Crippen LogP contribution in [-0.2, 0) is 9.53 Å². The largest absolute Gasteiger partial charge is 0.468 e. The van der Waals surface area contributed by atoms with Gasteiger partial charge in [0.1, 0.15) is 5.25 Å². The Morgan fingerprint density at radius 2 is 2.25 bits per heavy atom. The summed E-state index contributed by atoms with van der Waals surface area (Å²) in [6, 6.07) is 7.89. The van der Waals surface area contributed by atoms with E-state index < -0.39 is 0 Å². The molecule has 0 N–H and O–H groups in total. The van der Waals surface area contributed by atoms with Crippen LogP contribution in [0.3, 0.4) is 0 Å². The molecule has 0 aliphatic carbocycles. The van der Waals surface area contributed by atoms with E-state index >= 15 is 0 Å². The van der Waals surface area contributed by atoms with Crippen LogP contribution in [-0.4, -0.2) is 13.1 Å².